The fraction of sp³-hybridized carbons (Fsp3) is 0.188. The second-order valence-corrected chi connectivity index (χ2v) is 6.63. The van der Waals surface area contributed by atoms with Crippen molar-refractivity contribution in [3.63, 3.8) is 0 Å². The van der Waals surface area contributed by atoms with Crippen molar-refractivity contribution >= 4 is 38.5 Å². The lowest BCUT2D eigenvalue weighted by Crippen LogP contribution is -2.26. The van der Waals surface area contributed by atoms with E-state index < -0.39 is 18.5 Å². The quantitative estimate of drug-likeness (QED) is 0.429. The summed E-state index contributed by atoms with van der Waals surface area (Å²) in [6.45, 7) is 3.29. The van der Waals surface area contributed by atoms with Gasteiger partial charge in [-0.25, -0.2) is 8.78 Å². The van der Waals surface area contributed by atoms with Crippen LogP contribution in [0.2, 0.25) is 0 Å². The summed E-state index contributed by atoms with van der Waals surface area (Å²) in [6, 6.07) is 8.46. The molecule has 1 aromatic carbocycles. The zero-order valence-electron chi connectivity index (χ0n) is 11.9. The summed E-state index contributed by atoms with van der Waals surface area (Å²) in [6.07, 6.45) is -0.986. The fourth-order valence-corrected chi connectivity index (χ4v) is 3.09. The van der Waals surface area contributed by atoms with E-state index in [0.29, 0.717) is 31.7 Å². The van der Waals surface area contributed by atoms with Crippen molar-refractivity contribution in [2.75, 3.05) is 6.61 Å². The van der Waals surface area contributed by atoms with E-state index in [0.717, 1.165) is 4.57 Å². The van der Waals surface area contributed by atoms with Crippen molar-refractivity contribution in [2.45, 2.75) is 13.0 Å². The maximum absolute atomic E-state index is 12.8. The lowest BCUT2D eigenvalue weighted by molar-refractivity contribution is 0.125. The zero-order valence-corrected chi connectivity index (χ0v) is 15.7. The van der Waals surface area contributed by atoms with E-state index in [2.05, 4.69) is 22.5 Å². The normalized spacial score (nSPS) is 10.8. The summed E-state index contributed by atoms with van der Waals surface area (Å²) < 4.78 is 33.2. The Labute approximate surface area is 154 Å². The van der Waals surface area contributed by atoms with E-state index in [-0.39, 0.29) is 0 Å². The third-order valence-electron chi connectivity index (χ3n) is 3.03. The summed E-state index contributed by atoms with van der Waals surface area (Å²) >= 11 is 5.25. The lowest BCUT2D eigenvalue weighted by atomic mass is 10.1. The van der Waals surface area contributed by atoms with Crippen molar-refractivity contribution in [3.05, 3.63) is 61.4 Å². The highest BCUT2D eigenvalue weighted by atomic mass is 127. The number of halogens is 4. The third kappa shape index (κ3) is 4.41. The average Bonchev–Trinajstić information content (AvgIpc) is 2.50. The van der Waals surface area contributed by atoms with Gasteiger partial charge in [-0.05, 0) is 68.9 Å². The predicted molar refractivity (Wildman–Crippen MR) is 98.3 cm³/mol. The Hall–Kier alpha value is -1.22. The summed E-state index contributed by atoms with van der Waals surface area (Å²) in [5, 5.41) is 0. The number of pyridine rings is 1. The van der Waals surface area contributed by atoms with Gasteiger partial charge in [-0.15, -0.1) is 0 Å². The molecule has 3 nitrogen and oxygen atoms in total. The Bertz CT molecular complexity index is 777. The zero-order chi connectivity index (χ0) is 17.0. The number of nitrogens with zero attached hydrogens (tertiary/aromatic N) is 1. The van der Waals surface area contributed by atoms with Gasteiger partial charge in [0.25, 0.3) is 12.0 Å². The Morgan fingerprint density at radius 2 is 2.09 bits per heavy atom. The number of alkyl halides is 2. The maximum Gasteiger partial charge on any atom is 0.264 e. The van der Waals surface area contributed by atoms with Gasteiger partial charge in [-0.3, -0.25) is 4.79 Å². The predicted octanol–water partition coefficient (Wildman–Crippen LogP) is 4.71. The van der Waals surface area contributed by atoms with Gasteiger partial charge in [0.2, 0.25) is 0 Å². The first kappa shape index (κ1) is 18.1. The van der Waals surface area contributed by atoms with Crippen molar-refractivity contribution in [2.24, 2.45) is 0 Å². The molecule has 122 valence electrons. The van der Waals surface area contributed by atoms with E-state index in [4.69, 9.17) is 4.74 Å². The van der Waals surface area contributed by atoms with Crippen LogP contribution < -0.4 is 10.3 Å². The van der Waals surface area contributed by atoms with Crippen LogP contribution in [0.1, 0.15) is 0 Å². The van der Waals surface area contributed by atoms with Gasteiger partial charge < -0.3 is 9.30 Å². The van der Waals surface area contributed by atoms with Crippen LogP contribution >= 0.6 is 38.5 Å². The summed E-state index contributed by atoms with van der Waals surface area (Å²) in [4.78, 5) is 12.2. The molecule has 0 aliphatic carbocycles. The fourth-order valence-electron chi connectivity index (χ4n) is 2.05. The second kappa shape index (κ2) is 8.05. The first-order chi connectivity index (χ1) is 10.9. The van der Waals surface area contributed by atoms with Crippen LogP contribution in [-0.4, -0.2) is 17.6 Å². The van der Waals surface area contributed by atoms with E-state index in [1.807, 2.05) is 22.6 Å². The molecule has 0 unspecified atom stereocenters. The van der Waals surface area contributed by atoms with Crippen molar-refractivity contribution in [3.8, 4) is 17.0 Å². The minimum atomic E-state index is -2.61. The number of benzene rings is 1. The van der Waals surface area contributed by atoms with Gasteiger partial charge in [0, 0.05) is 10.0 Å². The number of aromatic nitrogens is 1. The summed E-state index contributed by atoms with van der Waals surface area (Å²) in [5.74, 6) is 0.619. The molecule has 0 radical (unpaired) electrons. The van der Waals surface area contributed by atoms with Crippen LogP contribution in [-0.2, 0) is 6.54 Å². The van der Waals surface area contributed by atoms with Gasteiger partial charge in [0.1, 0.15) is 12.4 Å². The molecule has 0 spiro atoms. The average molecular weight is 496 g/mol. The minimum absolute atomic E-state index is 0.366. The van der Waals surface area contributed by atoms with Gasteiger partial charge in [0.05, 0.1) is 15.8 Å². The molecule has 23 heavy (non-hydrogen) atoms. The number of hydrogen-bond donors (Lipinski definition) is 0. The first-order valence-electron chi connectivity index (χ1n) is 6.65. The topological polar surface area (TPSA) is 31.2 Å². The summed E-state index contributed by atoms with van der Waals surface area (Å²) in [7, 11) is 0. The molecule has 0 amide bonds. The van der Waals surface area contributed by atoms with E-state index in [1.165, 1.54) is 0 Å². The molecule has 2 aromatic rings. The molecule has 1 aromatic heterocycles. The van der Waals surface area contributed by atoms with Gasteiger partial charge in [-0.1, -0.05) is 12.7 Å². The van der Waals surface area contributed by atoms with Crippen molar-refractivity contribution < 1.29 is 13.5 Å². The maximum atomic E-state index is 12.8. The Morgan fingerprint density at radius 3 is 2.70 bits per heavy atom. The van der Waals surface area contributed by atoms with E-state index >= 15 is 0 Å². The van der Waals surface area contributed by atoms with E-state index in [1.54, 1.807) is 36.4 Å². The van der Waals surface area contributed by atoms with Crippen LogP contribution in [0.25, 0.3) is 11.3 Å². The molecule has 0 aliphatic rings. The Kier molecular flexibility index (Phi) is 6.34. The van der Waals surface area contributed by atoms with E-state index in [9.17, 15) is 13.6 Å². The largest absolute Gasteiger partial charge is 0.490 e. The summed E-state index contributed by atoms with van der Waals surface area (Å²) in [5.41, 5.74) is 0.644. The molecular formula is C16H13BrF2INO2. The monoisotopic (exact) mass is 495 g/mol. The molecule has 0 N–H and O–H groups in total. The van der Waals surface area contributed by atoms with Crippen LogP contribution in [0.4, 0.5) is 8.78 Å². The van der Waals surface area contributed by atoms with Gasteiger partial charge in [-0.2, -0.15) is 0 Å². The third-order valence-corrected chi connectivity index (χ3v) is 4.51. The molecule has 0 bridgehead atoms. The lowest BCUT2D eigenvalue weighted by Gasteiger charge is -2.15. The molecule has 0 saturated heterocycles. The second-order valence-electron chi connectivity index (χ2n) is 4.61. The molecule has 0 aliphatic heterocycles. The van der Waals surface area contributed by atoms with Gasteiger partial charge >= 0.3 is 0 Å². The molecule has 0 fully saturated rings. The standard InChI is InChI=1S/C16H13BrF2INO2/c1-2-7-23-10-3-4-11(12(17)8-10)14-6-5-13(20)16(22)21(14)9-15(18)19/h2-6,8,15H,1,7,9H2. The van der Waals surface area contributed by atoms with Crippen LogP contribution in [0.5, 0.6) is 5.75 Å². The molecule has 7 heteroatoms. The van der Waals surface area contributed by atoms with Crippen LogP contribution in [0, 0.1) is 3.57 Å². The smallest absolute Gasteiger partial charge is 0.264 e. The molecule has 0 saturated carbocycles. The van der Waals surface area contributed by atoms with Crippen molar-refractivity contribution in [1.82, 2.24) is 4.57 Å². The molecule has 0 atom stereocenters. The Morgan fingerprint density at radius 1 is 1.35 bits per heavy atom. The SMILES string of the molecule is C=CCOc1ccc(-c2ccc(I)c(=O)n2CC(F)F)c(Br)c1. The van der Waals surface area contributed by atoms with Crippen LogP contribution in [0.15, 0.2) is 52.3 Å². The first-order valence-corrected chi connectivity index (χ1v) is 8.52. The Balaban J connectivity index is 2.51. The number of ether oxygens (including phenoxy) is 1. The highest BCUT2D eigenvalue weighted by Gasteiger charge is 2.15. The highest BCUT2D eigenvalue weighted by molar-refractivity contribution is 14.1. The van der Waals surface area contributed by atoms with Crippen LogP contribution in [0.3, 0.4) is 0 Å². The van der Waals surface area contributed by atoms with Gasteiger partial charge in [0.15, 0.2) is 0 Å². The highest BCUT2D eigenvalue weighted by Crippen LogP contribution is 2.31. The molecule has 1 heterocycles. The number of rotatable bonds is 6. The molecule has 2 rings (SSSR count). The van der Waals surface area contributed by atoms with Crippen molar-refractivity contribution in [1.29, 1.82) is 0 Å². The number of hydrogen-bond acceptors (Lipinski definition) is 2. The molecular weight excluding hydrogens is 483 g/mol. The minimum Gasteiger partial charge on any atom is -0.490 e.